The monoisotopic (exact) mass is 434 g/mol. The predicted octanol–water partition coefficient (Wildman–Crippen LogP) is 3.79. The number of aryl methyl sites for hydroxylation is 1. The predicted molar refractivity (Wildman–Crippen MR) is 104 cm³/mol. The molecule has 1 aliphatic carbocycles. The standard InChI is InChI=1S/C21H21F3N4O3/c1-11-7-13(8-26-19(11)31-10-21(22,23)24)9-28-12(2)16-15(20(28)30)5-6-25-17(16)27-18(29)14-3-4-14/h5-8,12,14H,3-4,9-10H2,1-2H3,(H,25,27,29). The second-order valence-corrected chi connectivity index (χ2v) is 7.86. The number of anilines is 1. The Morgan fingerprint density at radius 1 is 1.32 bits per heavy atom. The highest BCUT2D eigenvalue weighted by Gasteiger charge is 2.38. The molecule has 1 saturated carbocycles. The Hall–Kier alpha value is -3.17. The fourth-order valence-corrected chi connectivity index (χ4v) is 3.65. The molecular formula is C21H21F3N4O3. The number of fused-ring (bicyclic) bond motifs is 1. The molecule has 2 aliphatic rings. The van der Waals surface area contributed by atoms with E-state index in [1.165, 1.54) is 12.4 Å². The molecule has 1 atom stereocenters. The van der Waals surface area contributed by atoms with E-state index in [-0.39, 0.29) is 36.2 Å². The average molecular weight is 434 g/mol. The molecule has 10 heteroatoms. The maximum Gasteiger partial charge on any atom is 0.422 e. The summed E-state index contributed by atoms with van der Waals surface area (Å²) in [4.78, 5) is 35.0. The summed E-state index contributed by atoms with van der Waals surface area (Å²) >= 11 is 0. The molecule has 1 fully saturated rings. The molecule has 0 saturated heterocycles. The van der Waals surface area contributed by atoms with Crippen molar-refractivity contribution in [1.82, 2.24) is 14.9 Å². The molecule has 31 heavy (non-hydrogen) atoms. The van der Waals surface area contributed by atoms with Gasteiger partial charge in [-0.15, -0.1) is 0 Å². The minimum absolute atomic E-state index is 0.00768. The summed E-state index contributed by atoms with van der Waals surface area (Å²) in [6, 6.07) is 2.93. The Bertz CT molecular complexity index is 1040. The van der Waals surface area contributed by atoms with E-state index in [2.05, 4.69) is 15.3 Å². The number of hydrogen-bond acceptors (Lipinski definition) is 5. The zero-order chi connectivity index (χ0) is 22.3. The van der Waals surface area contributed by atoms with Crippen LogP contribution in [0, 0.1) is 12.8 Å². The van der Waals surface area contributed by atoms with Crippen molar-refractivity contribution in [2.24, 2.45) is 5.92 Å². The molecule has 0 radical (unpaired) electrons. The molecule has 1 N–H and O–H groups in total. The Labute approximate surface area is 176 Å². The summed E-state index contributed by atoms with van der Waals surface area (Å²) in [5.74, 6) is 0.00540. The number of rotatable bonds is 6. The maximum absolute atomic E-state index is 13.0. The lowest BCUT2D eigenvalue weighted by Gasteiger charge is -2.23. The summed E-state index contributed by atoms with van der Waals surface area (Å²) in [5, 5.41) is 2.83. The van der Waals surface area contributed by atoms with Crippen molar-refractivity contribution in [1.29, 1.82) is 0 Å². The third kappa shape index (κ3) is 4.47. The topological polar surface area (TPSA) is 84.4 Å². The first-order chi connectivity index (χ1) is 14.6. The van der Waals surface area contributed by atoms with Crippen LogP contribution in [-0.2, 0) is 11.3 Å². The Kier molecular flexibility index (Phi) is 5.32. The maximum atomic E-state index is 13.0. The molecule has 164 valence electrons. The van der Waals surface area contributed by atoms with Crippen LogP contribution in [0.1, 0.15) is 52.9 Å². The second-order valence-electron chi connectivity index (χ2n) is 7.86. The van der Waals surface area contributed by atoms with Crippen LogP contribution in [0.25, 0.3) is 0 Å². The number of pyridine rings is 2. The summed E-state index contributed by atoms with van der Waals surface area (Å²) in [7, 11) is 0. The van der Waals surface area contributed by atoms with Crippen LogP contribution >= 0.6 is 0 Å². The van der Waals surface area contributed by atoms with Gasteiger partial charge in [0.05, 0.1) is 11.6 Å². The van der Waals surface area contributed by atoms with Gasteiger partial charge in [-0.1, -0.05) is 0 Å². The van der Waals surface area contributed by atoms with Crippen molar-refractivity contribution in [3.63, 3.8) is 0 Å². The Balaban J connectivity index is 1.51. The van der Waals surface area contributed by atoms with Gasteiger partial charge in [0.1, 0.15) is 5.82 Å². The third-order valence-electron chi connectivity index (χ3n) is 5.37. The summed E-state index contributed by atoms with van der Waals surface area (Å²) in [6.45, 7) is 2.23. The fourth-order valence-electron chi connectivity index (χ4n) is 3.65. The van der Waals surface area contributed by atoms with Crippen LogP contribution in [0.5, 0.6) is 5.88 Å². The lowest BCUT2D eigenvalue weighted by atomic mass is 10.1. The molecule has 1 unspecified atom stereocenters. The van der Waals surface area contributed by atoms with Gasteiger partial charge < -0.3 is 15.0 Å². The van der Waals surface area contributed by atoms with E-state index in [0.29, 0.717) is 28.1 Å². The Morgan fingerprint density at radius 3 is 2.71 bits per heavy atom. The molecule has 7 nitrogen and oxygen atoms in total. The summed E-state index contributed by atoms with van der Waals surface area (Å²) in [5.41, 5.74) is 2.23. The van der Waals surface area contributed by atoms with Crippen LogP contribution in [0.4, 0.5) is 19.0 Å². The van der Waals surface area contributed by atoms with Crippen molar-refractivity contribution in [2.75, 3.05) is 11.9 Å². The number of aromatic nitrogens is 2. The second kappa shape index (κ2) is 7.82. The molecule has 2 aromatic rings. The largest absolute Gasteiger partial charge is 0.468 e. The van der Waals surface area contributed by atoms with Gasteiger partial charge in [-0.2, -0.15) is 13.2 Å². The van der Waals surface area contributed by atoms with Gasteiger partial charge in [-0.3, -0.25) is 9.59 Å². The highest BCUT2D eigenvalue weighted by molar-refractivity contribution is 6.02. The van der Waals surface area contributed by atoms with E-state index in [9.17, 15) is 22.8 Å². The summed E-state index contributed by atoms with van der Waals surface area (Å²) in [6.07, 6.45) is 0.160. The molecule has 4 rings (SSSR count). The van der Waals surface area contributed by atoms with Crippen LogP contribution in [0.2, 0.25) is 0 Å². The number of nitrogens with zero attached hydrogens (tertiary/aromatic N) is 3. The minimum Gasteiger partial charge on any atom is -0.468 e. The van der Waals surface area contributed by atoms with Gasteiger partial charge in [0, 0.05) is 36.0 Å². The van der Waals surface area contributed by atoms with E-state index in [1.807, 2.05) is 6.92 Å². The third-order valence-corrected chi connectivity index (χ3v) is 5.37. The van der Waals surface area contributed by atoms with Crippen LogP contribution in [0.3, 0.4) is 0 Å². The molecule has 0 aromatic carbocycles. The van der Waals surface area contributed by atoms with Gasteiger partial charge >= 0.3 is 6.18 Å². The highest BCUT2D eigenvalue weighted by Crippen LogP contribution is 2.39. The lowest BCUT2D eigenvalue weighted by Crippen LogP contribution is -2.26. The molecule has 3 heterocycles. The van der Waals surface area contributed by atoms with Crippen molar-refractivity contribution < 1.29 is 27.5 Å². The van der Waals surface area contributed by atoms with Gasteiger partial charge in [-0.05, 0) is 44.4 Å². The number of alkyl halides is 3. The number of amides is 2. The smallest absolute Gasteiger partial charge is 0.422 e. The fraction of sp³-hybridized carbons (Fsp3) is 0.429. The number of hydrogen-bond donors (Lipinski definition) is 1. The molecule has 2 aromatic heterocycles. The lowest BCUT2D eigenvalue weighted by molar-refractivity contribution is -0.154. The summed E-state index contributed by atoms with van der Waals surface area (Å²) < 4.78 is 41.8. The number of carbonyl (C=O) groups excluding carboxylic acids is 2. The number of carbonyl (C=O) groups is 2. The van der Waals surface area contributed by atoms with E-state index in [0.717, 1.165) is 12.8 Å². The van der Waals surface area contributed by atoms with Crippen molar-refractivity contribution in [2.45, 2.75) is 45.5 Å². The van der Waals surface area contributed by atoms with Crippen LogP contribution in [-0.4, -0.2) is 39.5 Å². The first kappa shape index (κ1) is 21.1. The highest BCUT2D eigenvalue weighted by atomic mass is 19.4. The van der Waals surface area contributed by atoms with E-state index in [4.69, 9.17) is 4.74 Å². The first-order valence-corrected chi connectivity index (χ1v) is 9.90. The molecule has 0 bridgehead atoms. The first-order valence-electron chi connectivity index (χ1n) is 9.90. The van der Waals surface area contributed by atoms with Gasteiger partial charge in [-0.25, -0.2) is 9.97 Å². The van der Waals surface area contributed by atoms with E-state index in [1.54, 1.807) is 24.0 Å². The Morgan fingerprint density at radius 2 is 2.06 bits per heavy atom. The van der Waals surface area contributed by atoms with Crippen molar-refractivity contribution >= 4 is 17.6 Å². The van der Waals surface area contributed by atoms with E-state index >= 15 is 0 Å². The molecule has 1 aliphatic heterocycles. The molecular weight excluding hydrogens is 413 g/mol. The zero-order valence-corrected chi connectivity index (χ0v) is 17.0. The quantitative estimate of drug-likeness (QED) is 0.748. The zero-order valence-electron chi connectivity index (χ0n) is 17.0. The SMILES string of the molecule is Cc1cc(CN2C(=O)c3ccnc(NC(=O)C4CC4)c3C2C)cnc1OCC(F)(F)F. The van der Waals surface area contributed by atoms with Crippen molar-refractivity contribution in [3.05, 3.63) is 46.8 Å². The van der Waals surface area contributed by atoms with Gasteiger partial charge in [0.15, 0.2) is 6.61 Å². The minimum atomic E-state index is -4.45. The van der Waals surface area contributed by atoms with Gasteiger partial charge in [0.25, 0.3) is 5.91 Å². The van der Waals surface area contributed by atoms with Crippen LogP contribution in [0.15, 0.2) is 24.5 Å². The van der Waals surface area contributed by atoms with E-state index < -0.39 is 12.8 Å². The normalized spacial score (nSPS) is 18.2. The van der Waals surface area contributed by atoms with Crippen molar-refractivity contribution in [3.8, 4) is 5.88 Å². The number of nitrogens with one attached hydrogen (secondary N) is 1. The molecule has 2 amide bonds. The molecule has 0 spiro atoms. The number of ether oxygens (including phenoxy) is 1. The van der Waals surface area contributed by atoms with Gasteiger partial charge in [0.2, 0.25) is 11.8 Å². The average Bonchev–Trinajstić information content (AvgIpc) is 3.52. The number of halogens is 3. The van der Waals surface area contributed by atoms with Crippen LogP contribution < -0.4 is 10.1 Å².